The summed E-state index contributed by atoms with van der Waals surface area (Å²) in [5.74, 6) is 0.288. The molecule has 1 unspecified atom stereocenters. The summed E-state index contributed by atoms with van der Waals surface area (Å²) >= 11 is 0. The van der Waals surface area contributed by atoms with E-state index >= 15 is 0 Å². The molecule has 1 aliphatic carbocycles. The Morgan fingerprint density at radius 1 is 1.19 bits per heavy atom. The van der Waals surface area contributed by atoms with Crippen molar-refractivity contribution in [1.29, 1.82) is 0 Å². The first-order valence-electron chi connectivity index (χ1n) is 7.54. The van der Waals surface area contributed by atoms with Crippen molar-refractivity contribution < 1.29 is 13.2 Å². The van der Waals surface area contributed by atoms with Crippen molar-refractivity contribution in [1.82, 2.24) is 10.0 Å². The van der Waals surface area contributed by atoms with Gasteiger partial charge in [-0.1, -0.05) is 18.2 Å². The maximum absolute atomic E-state index is 12.5. The molecule has 0 spiro atoms. The van der Waals surface area contributed by atoms with Gasteiger partial charge in [0.15, 0.2) is 0 Å². The highest BCUT2D eigenvalue weighted by Gasteiger charge is 2.24. The van der Waals surface area contributed by atoms with Crippen LogP contribution in [0.3, 0.4) is 0 Å². The molecule has 0 aromatic heterocycles. The average Bonchev–Trinajstić information content (AvgIpc) is 3.17. The molecule has 116 valence electrons. The Hall–Kier alpha value is -0.950. The van der Waals surface area contributed by atoms with Gasteiger partial charge in [-0.05, 0) is 36.8 Å². The van der Waals surface area contributed by atoms with Crippen LogP contribution in [0.5, 0.6) is 0 Å². The van der Waals surface area contributed by atoms with Crippen LogP contribution in [0.1, 0.15) is 24.8 Å². The van der Waals surface area contributed by atoms with Crippen molar-refractivity contribution >= 4 is 10.0 Å². The predicted molar refractivity (Wildman–Crippen MR) is 80.4 cm³/mol. The first kappa shape index (κ1) is 15.0. The Kier molecular flexibility index (Phi) is 4.59. The molecule has 1 atom stereocenters. The summed E-state index contributed by atoms with van der Waals surface area (Å²) in [6.45, 7) is 2.43. The van der Waals surface area contributed by atoms with E-state index in [2.05, 4.69) is 10.0 Å². The minimum atomic E-state index is -3.45. The molecule has 2 aliphatic rings. The number of hydrogen-bond acceptors (Lipinski definition) is 4. The van der Waals surface area contributed by atoms with Crippen molar-refractivity contribution in [2.45, 2.75) is 36.7 Å². The predicted octanol–water partition coefficient (Wildman–Crippen LogP) is 1.25. The molecule has 1 aliphatic heterocycles. The minimum absolute atomic E-state index is 0.288. The smallest absolute Gasteiger partial charge is 0.240 e. The molecule has 3 rings (SSSR count). The lowest BCUT2D eigenvalue weighted by Crippen LogP contribution is -2.31. The lowest BCUT2D eigenvalue weighted by atomic mass is 10.1. The monoisotopic (exact) mass is 310 g/mol. The van der Waals surface area contributed by atoms with Gasteiger partial charge < -0.3 is 10.1 Å². The lowest BCUT2D eigenvalue weighted by molar-refractivity contribution is 0.186. The molecule has 1 saturated heterocycles. The summed E-state index contributed by atoms with van der Waals surface area (Å²) in [4.78, 5) is 0.386. The summed E-state index contributed by atoms with van der Waals surface area (Å²) in [6.07, 6.45) is 3.30. The maximum atomic E-state index is 12.5. The van der Waals surface area contributed by atoms with Gasteiger partial charge in [0.25, 0.3) is 0 Å². The number of benzene rings is 1. The second-order valence-electron chi connectivity index (χ2n) is 5.84. The van der Waals surface area contributed by atoms with Crippen LogP contribution in [0, 0.1) is 5.92 Å². The normalized spacial score (nSPS) is 22.6. The van der Waals surface area contributed by atoms with Gasteiger partial charge in [-0.2, -0.15) is 0 Å². The van der Waals surface area contributed by atoms with E-state index in [0.29, 0.717) is 30.6 Å². The van der Waals surface area contributed by atoms with Gasteiger partial charge in [-0.25, -0.2) is 13.1 Å². The number of rotatable bonds is 7. The van der Waals surface area contributed by atoms with Crippen molar-refractivity contribution in [2.75, 3.05) is 19.8 Å². The van der Waals surface area contributed by atoms with Crippen LogP contribution >= 0.6 is 0 Å². The van der Waals surface area contributed by atoms with Crippen molar-refractivity contribution in [3.05, 3.63) is 29.8 Å². The molecule has 1 aromatic rings. The largest absolute Gasteiger partial charge is 0.381 e. The Bertz CT molecular complexity index is 578. The van der Waals surface area contributed by atoms with E-state index < -0.39 is 10.0 Å². The fourth-order valence-corrected chi connectivity index (χ4v) is 3.86. The molecular weight excluding hydrogens is 288 g/mol. The SMILES string of the molecule is O=S(=O)(NCC1CCOC1)c1ccccc1CNC1CC1. The van der Waals surface area contributed by atoms with Gasteiger partial charge >= 0.3 is 0 Å². The van der Waals surface area contributed by atoms with Gasteiger partial charge in [0, 0.05) is 25.7 Å². The molecule has 2 fully saturated rings. The molecule has 5 nitrogen and oxygen atoms in total. The summed E-state index contributed by atoms with van der Waals surface area (Å²) in [5.41, 5.74) is 0.833. The Morgan fingerprint density at radius 3 is 2.71 bits per heavy atom. The van der Waals surface area contributed by atoms with E-state index in [0.717, 1.165) is 18.6 Å². The zero-order chi connectivity index (χ0) is 14.7. The summed E-state index contributed by atoms with van der Waals surface area (Å²) < 4.78 is 33.0. The quantitative estimate of drug-likeness (QED) is 0.795. The molecule has 2 N–H and O–H groups in total. The van der Waals surface area contributed by atoms with Crippen LogP contribution in [0.15, 0.2) is 29.2 Å². The standard InChI is InChI=1S/C15H22N2O3S/c18-21(19,17-9-12-7-8-20-11-12)15-4-2-1-3-13(15)10-16-14-5-6-14/h1-4,12,14,16-17H,5-11H2. The number of nitrogens with one attached hydrogen (secondary N) is 2. The van der Waals surface area contributed by atoms with Crippen molar-refractivity contribution in [3.63, 3.8) is 0 Å². The number of ether oxygens (including phenoxy) is 1. The van der Waals surface area contributed by atoms with Gasteiger partial charge in [-0.3, -0.25) is 0 Å². The van der Waals surface area contributed by atoms with Crippen molar-refractivity contribution in [2.24, 2.45) is 5.92 Å². The first-order chi connectivity index (χ1) is 10.1. The van der Waals surface area contributed by atoms with Crippen LogP contribution < -0.4 is 10.0 Å². The van der Waals surface area contributed by atoms with E-state index in [9.17, 15) is 8.42 Å². The average molecular weight is 310 g/mol. The van der Waals surface area contributed by atoms with Crippen LogP contribution in [0.25, 0.3) is 0 Å². The van der Waals surface area contributed by atoms with Crippen LogP contribution in [0.2, 0.25) is 0 Å². The lowest BCUT2D eigenvalue weighted by Gasteiger charge is -2.14. The van der Waals surface area contributed by atoms with Gasteiger partial charge in [0.05, 0.1) is 11.5 Å². The molecule has 1 saturated carbocycles. The highest BCUT2D eigenvalue weighted by molar-refractivity contribution is 7.89. The zero-order valence-electron chi connectivity index (χ0n) is 12.0. The zero-order valence-corrected chi connectivity index (χ0v) is 12.9. The van der Waals surface area contributed by atoms with Crippen LogP contribution in [-0.2, 0) is 21.3 Å². The van der Waals surface area contributed by atoms with E-state index in [4.69, 9.17) is 4.74 Å². The van der Waals surface area contributed by atoms with E-state index in [1.54, 1.807) is 12.1 Å². The molecule has 21 heavy (non-hydrogen) atoms. The molecule has 0 bridgehead atoms. The Morgan fingerprint density at radius 2 is 2.00 bits per heavy atom. The molecule has 1 heterocycles. The van der Waals surface area contributed by atoms with Gasteiger partial charge in [-0.15, -0.1) is 0 Å². The third-order valence-electron chi connectivity index (χ3n) is 4.01. The second kappa shape index (κ2) is 6.44. The summed E-state index contributed by atoms with van der Waals surface area (Å²) in [7, 11) is -3.45. The van der Waals surface area contributed by atoms with Gasteiger partial charge in [0.1, 0.15) is 0 Å². The van der Waals surface area contributed by atoms with Gasteiger partial charge in [0.2, 0.25) is 10.0 Å². The topological polar surface area (TPSA) is 67.4 Å². The Labute approximate surface area is 126 Å². The fourth-order valence-electron chi connectivity index (χ4n) is 2.50. The highest BCUT2D eigenvalue weighted by atomic mass is 32.2. The van der Waals surface area contributed by atoms with E-state index in [1.165, 1.54) is 12.8 Å². The minimum Gasteiger partial charge on any atom is -0.381 e. The van der Waals surface area contributed by atoms with Crippen LogP contribution in [0.4, 0.5) is 0 Å². The highest BCUT2D eigenvalue weighted by Crippen LogP contribution is 2.21. The summed E-state index contributed by atoms with van der Waals surface area (Å²) in [5, 5.41) is 3.37. The molecule has 6 heteroatoms. The van der Waals surface area contributed by atoms with Crippen LogP contribution in [-0.4, -0.2) is 34.2 Å². The molecule has 0 amide bonds. The van der Waals surface area contributed by atoms with E-state index in [1.807, 2.05) is 12.1 Å². The van der Waals surface area contributed by atoms with E-state index in [-0.39, 0.29) is 5.92 Å². The second-order valence-corrected chi connectivity index (χ2v) is 7.58. The molecular formula is C15H22N2O3S. The summed E-state index contributed by atoms with van der Waals surface area (Å²) in [6, 6.07) is 7.77. The van der Waals surface area contributed by atoms with Crippen molar-refractivity contribution in [3.8, 4) is 0 Å². The molecule has 0 radical (unpaired) electrons. The first-order valence-corrected chi connectivity index (χ1v) is 9.02. The fraction of sp³-hybridized carbons (Fsp3) is 0.600. The third kappa shape index (κ3) is 4.03. The third-order valence-corrected chi connectivity index (χ3v) is 5.53. The number of hydrogen-bond donors (Lipinski definition) is 2. The molecule has 1 aromatic carbocycles. The Balaban J connectivity index is 1.67. The maximum Gasteiger partial charge on any atom is 0.240 e. The number of sulfonamides is 1.